The zero-order chi connectivity index (χ0) is 15.7. The highest BCUT2D eigenvalue weighted by molar-refractivity contribution is 5.43. The van der Waals surface area contributed by atoms with Crippen LogP contribution in [0.4, 0.5) is 5.69 Å². The summed E-state index contributed by atoms with van der Waals surface area (Å²) in [7, 11) is 0. The molecule has 0 saturated carbocycles. The van der Waals surface area contributed by atoms with E-state index in [1.54, 1.807) is 6.07 Å². The van der Waals surface area contributed by atoms with Gasteiger partial charge in [0.05, 0.1) is 17.6 Å². The number of nitro benzene ring substituents is 1. The molecule has 0 amide bonds. The minimum atomic E-state index is -0.411. The maximum atomic E-state index is 10.9. The Morgan fingerprint density at radius 3 is 2.86 bits per heavy atom. The first-order chi connectivity index (χ1) is 10.0. The molecule has 6 nitrogen and oxygen atoms in total. The zero-order valence-corrected chi connectivity index (χ0v) is 12.5. The molecule has 0 aliphatic heterocycles. The predicted octanol–water partition coefficient (Wildman–Crippen LogP) is 3.02. The minimum absolute atomic E-state index is 0.0562. The van der Waals surface area contributed by atoms with Crippen molar-refractivity contribution < 1.29 is 9.66 Å². The van der Waals surface area contributed by atoms with Crippen molar-refractivity contribution in [3.63, 3.8) is 0 Å². The Bertz CT molecular complexity index is 509. The number of hydrogen-bond donors (Lipinski definition) is 1. The molecule has 0 saturated heterocycles. The third-order valence-corrected chi connectivity index (χ3v) is 2.81. The van der Waals surface area contributed by atoms with Gasteiger partial charge in [0.15, 0.2) is 0 Å². The average Bonchev–Trinajstić information content (AvgIpc) is 2.44. The Hall–Kier alpha value is -2.13. The summed E-state index contributed by atoms with van der Waals surface area (Å²) in [6.45, 7) is 5.98. The third kappa shape index (κ3) is 6.23. The van der Waals surface area contributed by atoms with Crippen LogP contribution in [0.1, 0.15) is 32.3 Å². The SMILES string of the molecule is CC(C)CNCc1cc([N+](=O)[O-])ccc1OCCCC#N. The summed E-state index contributed by atoms with van der Waals surface area (Å²) in [6, 6.07) is 6.65. The molecule has 0 aromatic heterocycles. The van der Waals surface area contributed by atoms with Gasteiger partial charge in [0.1, 0.15) is 5.75 Å². The molecule has 0 aliphatic rings. The quantitative estimate of drug-likeness (QED) is 0.429. The number of rotatable bonds is 9. The molecule has 0 atom stereocenters. The van der Waals surface area contributed by atoms with E-state index in [0.717, 1.165) is 12.1 Å². The van der Waals surface area contributed by atoms with E-state index in [2.05, 4.69) is 25.2 Å². The average molecular weight is 291 g/mol. The Morgan fingerprint density at radius 1 is 1.48 bits per heavy atom. The van der Waals surface area contributed by atoms with Crippen molar-refractivity contribution in [1.29, 1.82) is 5.26 Å². The third-order valence-electron chi connectivity index (χ3n) is 2.81. The van der Waals surface area contributed by atoms with Crippen LogP contribution in [0.25, 0.3) is 0 Å². The van der Waals surface area contributed by atoms with E-state index in [1.165, 1.54) is 12.1 Å². The lowest BCUT2D eigenvalue weighted by Crippen LogP contribution is -2.19. The summed E-state index contributed by atoms with van der Waals surface area (Å²) in [5.74, 6) is 1.14. The lowest BCUT2D eigenvalue weighted by Gasteiger charge is -2.13. The fraction of sp³-hybridized carbons (Fsp3) is 0.533. The lowest BCUT2D eigenvalue weighted by molar-refractivity contribution is -0.384. The van der Waals surface area contributed by atoms with Gasteiger partial charge in [-0.2, -0.15) is 5.26 Å². The van der Waals surface area contributed by atoms with Crippen LogP contribution in [0.5, 0.6) is 5.75 Å². The molecule has 0 spiro atoms. The van der Waals surface area contributed by atoms with Crippen LogP contribution >= 0.6 is 0 Å². The van der Waals surface area contributed by atoms with Crippen LogP contribution in [-0.4, -0.2) is 18.1 Å². The monoisotopic (exact) mass is 291 g/mol. The molecule has 0 unspecified atom stereocenters. The summed E-state index contributed by atoms with van der Waals surface area (Å²) in [5, 5.41) is 22.6. The fourth-order valence-corrected chi connectivity index (χ4v) is 1.79. The summed E-state index contributed by atoms with van der Waals surface area (Å²) in [5.41, 5.74) is 0.822. The number of nitrogens with zero attached hydrogens (tertiary/aromatic N) is 2. The number of nitriles is 1. The van der Waals surface area contributed by atoms with Gasteiger partial charge < -0.3 is 10.1 Å². The first-order valence-corrected chi connectivity index (χ1v) is 7.02. The van der Waals surface area contributed by atoms with Crippen molar-refractivity contribution in [2.24, 2.45) is 5.92 Å². The number of non-ortho nitro benzene ring substituents is 1. The van der Waals surface area contributed by atoms with Gasteiger partial charge >= 0.3 is 0 Å². The zero-order valence-electron chi connectivity index (χ0n) is 12.5. The Labute approximate surface area is 124 Å². The van der Waals surface area contributed by atoms with Gasteiger partial charge in [0.2, 0.25) is 0 Å². The van der Waals surface area contributed by atoms with Crippen molar-refractivity contribution in [2.75, 3.05) is 13.2 Å². The number of benzene rings is 1. The normalized spacial score (nSPS) is 10.4. The molecule has 1 N–H and O–H groups in total. The van der Waals surface area contributed by atoms with E-state index < -0.39 is 4.92 Å². The number of ether oxygens (including phenoxy) is 1. The number of nitro groups is 1. The molecule has 0 heterocycles. The highest BCUT2D eigenvalue weighted by Crippen LogP contribution is 2.24. The van der Waals surface area contributed by atoms with Crippen LogP contribution in [0.2, 0.25) is 0 Å². The molecule has 1 aromatic carbocycles. The molecule has 1 rings (SSSR count). The van der Waals surface area contributed by atoms with Crippen LogP contribution < -0.4 is 10.1 Å². The largest absolute Gasteiger partial charge is 0.493 e. The van der Waals surface area contributed by atoms with Crippen LogP contribution in [0.15, 0.2) is 18.2 Å². The van der Waals surface area contributed by atoms with Crippen LogP contribution in [0.3, 0.4) is 0 Å². The van der Waals surface area contributed by atoms with Crippen molar-refractivity contribution in [2.45, 2.75) is 33.2 Å². The summed E-state index contributed by atoms with van der Waals surface area (Å²) >= 11 is 0. The summed E-state index contributed by atoms with van der Waals surface area (Å²) < 4.78 is 5.62. The summed E-state index contributed by atoms with van der Waals surface area (Å²) in [6.07, 6.45) is 1.08. The molecule has 114 valence electrons. The van der Waals surface area contributed by atoms with E-state index in [4.69, 9.17) is 10.00 Å². The minimum Gasteiger partial charge on any atom is -0.493 e. The first kappa shape index (κ1) is 16.9. The Morgan fingerprint density at radius 2 is 2.24 bits per heavy atom. The van der Waals surface area contributed by atoms with E-state index in [9.17, 15) is 10.1 Å². The second-order valence-corrected chi connectivity index (χ2v) is 5.18. The van der Waals surface area contributed by atoms with Crippen molar-refractivity contribution in [3.05, 3.63) is 33.9 Å². The van der Waals surface area contributed by atoms with E-state index in [1.807, 2.05) is 0 Å². The van der Waals surface area contributed by atoms with Gasteiger partial charge in [-0.3, -0.25) is 10.1 Å². The van der Waals surface area contributed by atoms with E-state index in [0.29, 0.717) is 37.7 Å². The van der Waals surface area contributed by atoms with Gasteiger partial charge in [0, 0.05) is 30.7 Å². The van der Waals surface area contributed by atoms with Crippen LogP contribution in [-0.2, 0) is 6.54 Å². The Balaban J connectivity index is 2.74. The van der Waals surface area contributed by atoms with Gasteiger partial charge in [0.25, 0.3) is 5.69 Å². The second kappa shape index (κ2) is 8.93. The van der Waals surface area contributed by atoms with Gasteiger partial charge in [-0.25, -0.2) is 0 Å². The number of unbranched alkanes of at least 4 members (excludes halogenated alkanes) is 1. The predicted molar refractivity (Wildman–Crippen MR) is 80.0 cm³/mol. The molecule has 21 heavy (non-hydrogen) atoms. The lowest BCUT2D eigenvalue weighted by atomic mass is 10.1. The molecular formula is C15H21N3O3. The maximum absolute atomic E-state index is 10.9. The smallest absolute Gasteiger partial charge is 0.270 e. The summed E-state index contributed by atoms with van der Waals surface area (Å²) in [4.78, 5) is 10.4. The van der Waals surface area contributed by atoms with Crippen molar-refractivity contribution >= 4 is 5.69 Å². The van der Waals surface area contributed by atoms with Crippen molar-refractivity contribution in [3.8, 4) is 11.8 Å². The Kier molecular flexibility index (Phi) is 7.19. The molecule has 0 fully saturated rings. The van der Waals surface area contributed by atoms with E-state index in [-0.39, 0.29) is 5.69 Å². The topological polar surface area (TPSA) is 88.2 Å². The van der Waals surface area contributed by atoms with E-state index >= 15 is 0 Å². The first-order valence-electron chi connectivity index (χ1n) is 7.02. The van der Waals surface area contributed by atoms with Gasteiger partial charge in [-0.1, -0.05) is 13.8 Å². The van der Waals surface area contributed by atoms with Crippen molar-refractivity contribution in [1.82, 2.24) is 5.32 Å². The molecular weight excluding hydrogens is 270 g/mol. The highest BCUT2D eigenvalue weighted by atomic mass is 16.6. The second-order valence-electron chi connectivity index (χ2n) is 5.18. The van der Waals surface area contributed by atoms with Gasteiger partial charge in [-0.15, -0.1) is 0 Å². The molecule has 0 aliphatic carbocycles. The molecule has 0 bridgehead atoms. The fourth-order valence-electron chi connectivity index (χ4n) is 1.79. The number of nitrogens with one attached hydrogen (secondary N) is 1. The maximum Gasteiger partial charge on any atom is 0.270 e. The number of hydrogen-bond acceptors (Lipinski definition) is 5. The van der Waals surface area contributed by atoms with Gasteiger partial charge in [-0.05, 0) is 24.9 Å². The standard InChI is InChI=1S/C15H21N3O3/c1-12(2)10-17-11-13-9-14(18(19)20)5-6-15(13)21-8-4-3-7-16/h5-6,9,12,17H,3-4,8,10-11H2,1-2H3. The highest BCUT2D eigenvalue weighted by Gasteiger charge is 2.11. The molecule has 6 heteroatoms. The van der Waals surface area contributed by atoms with Crippen LogP contribution in [0, 0.1) is 27.4 Å². The molecule has 1 aromatic rings. The molecule has 0 radical (unpaired) electrons.